The molecule has 0 radical (unpaired) electrons. The fraction of sp³-hybridized carbons (Fsp3) is 0.176. The Labute approximate surface area is 132 Å². The van der Waals surface area contributed by atoms with E-state index < -0.39 is 18.2 Å². The largest absolute Gasteiger partial charge is 0.465 e. The third-order valence-corrected chi connectivity index (χ3v) is 3.21. The summed E-state index contributed by atoms with van der Waals surface area (Å²) in [5.41, 5.74) is 0.768. The van der Waals surface area contributed by atoms with Gasteiger partial charge in [0.1, 0.15) is 5.75 Å². The predicted molar refractivity (Wildman–Crippen MR) is 81.1 cm³/mol. The highest BCUT2D eigenvalue weighted by atomic mass is 16.5. The Hall–Kier alpha value is -2.70. The normalized spacial score (nSPS) is 10.5. The van der Waals surface area contributed by atoms with E-state index in [1.54, 1.807) is 37.3 Å². The summed E-state index contributed by atoms with van der Waals surface area (Å²) in [6.45, 7) is 1.59. The monoisotopic (exact) mass is 316 g/mol. The molecule has 2 aromatic carbocycles. The molecular weight excluding hydrogens is 300 g/mol. The Balaban J connectivity index is 2.41. The summed E-state index contributed by atoms with van der Waals surface area (Å²) in [7, 11) is 1.22. The van der Waals surface area contributed by atoms with Crippen molar-refractivity contribution in [2.75, 3.05) is 7.11 Å². The minimum Gasteiger partial charge on any atom is -0.465 e. The number of carbonyl (C=O) groups excluding carboxylic acids is 2. The molecule has 23 heavy (non-hydrogen) atoms. The van der Waals surface area contributed by atoms with Crippen molar-refractivity contribution >= 4 is 11.9 Å². The Bertz CT molecular complexity index is 721. The Morgan fingerprint density at radius 3 is 2.22 bits per heavy atom. The van der Waals surface area contributed by atoms with Gasteiger partial charge in [-0.25, -0.2) is 9.59 Å². The molecule has 0 bridgehead atoms. The van der Waals surface area contributed by atoms with Crippen LogP contribution in [0.25, 0.3) is 0 Å². The van der Waals surface area contributed by atoms with Gasteiger partial charge in [-0.2, -0.15) is 0 Å². The zero-order valence-electron chi connectivity index (χ0n) is 12.6. The van der Waals surface area contributed by atoms with E-state index in [2.05, 4.69) is 4.74 Å². The molecule has 6 heteroatoms. The first-order chi connectivity index (χ1) is 10.9. The average molecular weight is 316 g/mol. The SMILES string of the molecule is COC(=O)c1cc(C)c(OC(=O)c2ccccc2)c(C(O)O)c1. The maximum absolute atomic E-state index is 12.1. The minimum absolute atomic E-state index is 0.00139. The van der Waals surface area contributed by atoms with E-state index >= 15 is 0 Å². The average Bonchev–Trinajstić information content (AvgIpc) is 2.56. The van der Waals surface area contributed by atoms with Crippen LogP contribution in [-0.2, 0) is 4.74 Å². The first-order valence-corrected chi connectivity index (χ1v) is 6.80. The summed E-state index contributed by atoms with van der Waals surface area (Å²) in [6.07, 6.45) is -1.91. The molecule has 0 fully saturated rings. The highest BCUT2D eigenvalue weighted by molar-refractivity contribution is 5.92. The number of carbonyl (C=O) groups is 2. The molecule has 2 aromatic rings. The van der Waals surface area contributed by atoms with Crippen molar-refractivity contribution in [3.63, 3.8) is 0 Å². The van der Waals surface area contributed by atoms with E-state index in [0.717, 1.165) is 0 Å². The van der Waals surface area contributed by atoms with Crippen LogP contribution < -0.4 is 4.74 Å². The van der Waals surface area contributed by atoms with Gasteiger partial charge in [-0.05, 0) is 36.8 Å². The van der Waals surface area contributed by atoms with Gasteiger partial charge in [-0.15, -0.1) is 0 Å². The molecule has 0 spiro atoms. The summed E-state index contributed by atoms with van der Waals surface area (Å²) < 4.78 is 9.89. The van der Waals surface area contributed by atoms with E-state index in [0.29, 0.717) is 11.1 Å². The number of ether oxygens (including phenoxy) is 2. The van der Waals surface area contributed by atoms with Gasteiger partial charge in [0.15, 0.2) is 6.29 Å². The van der Waals surface area contributed by atoms with Crippen LogP contribution >= 0.6 is 0 Å². The highest BCUT2D eigenvalue weighted by Gasteiger charge is 2.21. The maximum Gasteiger partial charge on any atom is 0.343 e. The Morgan fingerprint density at radius 2 is 1.65 bits per heavy atom. The van der Waals surface area contributed by atoms with Gasteiger partial charge < -0.3 is 19.7 Å². The van der Waals surface area contributed by atoms with Crippen LogP contribution in [-0.4, -0.2) is 29.3 Å². The lowest BCUT2D eigenvalue weighted by Crippen LogP contribution is -2.13. The van der Waals surface area contributed by atoms with Crippen molar-refractivity contribution in [2.45, 2.75) is 13.2 Å². The van der Waals surface area contributed by atoms with Crippen molar-refractivity contribution in [1.82, 2.24) is 0 Å². The smallest absolute Gasteiger partial charge is 0.343 e. The molecule has 0 saturated heterocycles. The second-order valence-corrected chi connectivity index (χ2v) is 4.83. The first-order valence-electron chi connectivity index (χ1n) is 6.80. The fourth-order valence-corrected chi connectivity index (χ4v) is 2.09. The summed E-state index contributed by atoms with van der Waals surface area (Å²) in [4.78, 5) is 23.7. The Kier molecular flexibility index (Phi) is 5.10. The fourth-order valence-electron chi connectivity index (χ4n) is 2.09. The Morgan fingerprint density at radius 1 is 1.00 bits per heavy atom. The number of esters is 2. The third-order valence-electron chi connectivity index (χ3n) is 3.21. The van der Waals surface area contributed by atoms with Crippen LogP contribution in [0.15, 0.2) is 42.5 Å². The lowest BCUT2D eigenvalue weighted by atomic mass is 10.0. The van der Waals surface area contributed by atoms with Crippen molar-refractivity contribution in [2.24, 2.45) is 0 Å². The van der Waals surface area contributed by atoms with Gasteiger partial charge in [0.05, 0.1) is 23.8 Å². The molecule has 0 aliphatic heterocycles. The summed E-state index contributed by atoms with van der Waals surface area (Å²) in [5.74, 6) is -1.26. The number of rotatable bonds is 4. The summed E-state index contributed by atoms with van der Waals surface area (Å²) in [6, 6.07) is 11.0. The molecule has 120 valence electrons. The molecule has 0 aromatic heterocycles. The van der Waals surface area contributed by atoms with Gasteiger partial charge in [0.25, 0.3) is 0 Å². The van der Waals surface area contributed by atoms with Gasteiger partial charge in [-0.3, -0.25) is 0 Å². The molecule has 0 atom stereocenters. The molecule has 0 amide bonds. The zero-order valence-corrected chi connectivity index (χ0v) is 12.6. The van der Waals surface area contributed by atoms with E-state index in [-0.39, 0.29) is 16.9 Å². The number of aliphatic hydroxyl groups is 2. The van der Waals surface area contributed by atoms with Crippen molar-refractivity contribution < 1.29 is 29.3 Å². The van der Waals surface area contributed by atoms with Crippen LogP contribution in [0.1, 0.15) is 38.1 Å². The van der Waals surface area contributed by atoms with E-state index in [4.69, 9.17) is 4.74 Å². The molecular formula is C17H16O6. The van der Waals surface area contributed by atoms with Crippen LogP contribution in [0.5, 0.6) is 5.75 Å². The number of methoxy groups -OCH3 is 1. The first kappa shape index (κ1) is 16.7. The van der Waals surface area contributed by atoms with Crippen molar-refractivity contribution in [3.8, 4) is 5.75 Å². The lowest BCUT2D eigenvalue weighted by Gasteiger charge is -2.15. The minimum atomic E-state index is -1.91. The molecule has 0 heterocycles. The maximum atomic E-state index is 12.1. The number of aliphatic hydroxyl groups excluding tert-OH is 1. The van der Waals surface area contributed by atoms with Crippen molar-refractivity contribution in [1.29, 1.82) is 0 Å². The van der Waals surface area contributed by atoms with E-state index in [1.807, 2.05) is 0 Å². The standard InChI is InChI=1S/C17H16O6/c1-10-8-12(16(20)22-2)9-13(15(18)19)14(10)23-17(21)11-6-4-3-5-7-11/h3-9,15,18-19H,1-2H3. The van der Waals surface area contributed by atoms with Crippen LogP contribution in [0.4, 0.5) is 0 Å². The molecule has 2 rings (SSSR count). The topological polar surface area (TPSA) is 93.1 Å². The number of aryl methyl sites for hydroxylation is 1. The second kappa shape index (κ2) is 7.04. The number of benzene rings is 2. The zero-order chi connectivity index (χ0) is 17.0. The molecule has 2 N–H and O–H groups in total. The highest BCUT2D eigenvalue weighted by Crippen LogP contribution is 2.30. The van der Waals surface area contributed by atoms with Gasteiger partial charge in [0.2, 0.25) is 0 Å². The van der Waals surface area contributed by atoms with Crippen LogP contribution in [0.3, 0.4) is 0 Å². The summed E-state index contributed by atoms with van der Waals surface area (Å²) >= 11 is 0. The van der Waals surface area contributed by atoms with E-state index in [1.165, 1.54) is 19.2 Å². The van der Waals surface area contributed by atoms with Gasteiger partial charge >= 0.3 is 11.9 Å². The quantitative estimate of drug-likeness (QED) is 0.509. The second-order valence-electron chi connectivity index (χ2n) is 4.83. The van der Waals surface area contributed by atoms with E-state index in [9.17, 15) is 19.8 Å². The lowest BCUT2D eigenvalue weighted by molar-refractivity contribution is -0.0438. The molecule has 0 aliphatic carbocycles. The van der Waals surface area contributed by atoms with Gasteiger partial charge in [-0.1, -0.05) is 18.2 Å². The molecule has 0 saturated carbocycles. The van der Waals surface area contributed by atoms with Gasteiger partial charge in [0, 0.05) is 0 Å². The van der Waals surface area contributed by atoms with Crippen LogP contribution in [0, 0.1) is 6.92 Å². The molecule has 6 nitrogen and oxygen atoms in total. The van der Waals surface area contributed by atoms with Crippen molar-refractivity contribution in [3.05, 3.63) is 64.7 Å². The number of hydrogen-bond acceptors (Lipinski definition) is 6. The number of hydrogen-bond donors (Lipinski definition) is 2. The molecule has 0 unspecified atom stereocenters. The summed E-state index contributed by atoms with van der Waals surface area (Å²) in [5, 5.41) is 19.0. The van der Waals surface area contributed by atoms with Crippen LogP contribution in [0.2, 0.25) is 0 Å². The third kappa shape index (κ3) is 3.74. The predicted octanol–water partition coefficient (Wildman–Crippen LogP) is 1.98. The molecule has 0 aliphatic rings.